The van der Waals surface area contributed by atoms with Crippen LogP contribution in [0.3, 0.4) is 0 Å². The van der Waals surface area contributed by atoms with Gasteiger partial charge >= 0.3 is 0 Å². The van der Waals surface area contributed by atoms with Crippen LogP contribution in [0.1, 0.15) is 60.9 Å². The Labute approximate surface area is 184 Å². The topological polar surface area (TPSA) is 70.4 Å². The highest BCUT2D eigenvalue weighted by Crippen LogP contribution is 2.35. The fraction of sp³-hybridized carbons (Fsp3) is 0.560. The lowest BCUT2D eigenvalue weighted by molar-refractivity contribution is -0.121. The van der Waals surface area contributed by atoms with Crippen LogP contribution < -0.4 is 0 Å². The number of benzene rings is 1. The first kappa shape index (κ1) is 23.4. The molecule has 1 aromatic heterocycles. The molecular formula is C25H34N2O4. The first-order chi connectivity index (χ1) is 14.9. The predicted molar refractivity (Wildman–Crippen MR) is 119 cm³/mol. The van der Waals surface area contributed by atoms with Crippen LogP contribution >= 0.6 is 0 Å². The fourth-order valence-electron chi connectivity index (χ4n) is 4.26. The number of aryl methyl sites for hydroxylation is 1. The maximum absolute atomic E-state index is 12.0. The summed E-state index contributed by atoms with van der Waals surface area (Å²) >= 11 is 0. The van der Waals surface area contributed by atoms with Crippen molar-refractivity contribution in [2.24, 2.45) is 10.8 Å². The maximum atomic E-state index is 12.0. The molecule has 1 aromatic carbocycles. The molecule has 0 N–H and O–H groups in total. The van der Waals surface area contributed by atoms with Crippen molar-refractivity contribution in [1.82, 2.24) is 9.78 Å². The lowest BCUT2D eigenvalue weighted by Gasteiger charge is -2.32. The number of nitrogens with zero attached hydrogens (tertiary/aromatic N) is 2. The van der Waals surface area contributed by atoms with Gasteiger partial charge in [0.15, 0.2) is 6.29 Å². The molecule has 3 rings (SSSR count). The van der Waals surface area contributed by atoms with Gasteiger partial charge in [-0.1, -0.05) is 44.2 Å². The lowest BCUT2D eigenvalue weighted by atomic mass is 9.75. The molecule has 0 amide bonds. The highest BCUT2D eigenvalue weighted by atomic mass is 16.5. The van der Waals surface area contributed by atoms with Crippen LogP contribution in [0.2, 0.25) is 0 Å². The predicted octanol–water partition coefficient (Wildman–Crippen LogP) is 4.04. The first-order valence-corrected chi connectivity index (χ1v) is 11.1. The van der Waals surface area contributed by atoms with E-state index in [2.05, 4.69) is 26.0 Å². The summed E-state index contributed by atoms with van der Waals surface area (Å²) in [5.41, 5.74) is 2.88. The molecule has 1 saturated heterocycles. The molecule has 168 valence electrons. The van der Waals surface area contributed by atoms with Gasteiger partial charge in [-0.3, -0.25) is 9.48 Å². The van der Waals surface area contributed by atoms with Crippen LogP contribution in [0.25, 0.3) is 0 Å². The smallest absolute Gasteiger partial charge is 0.168 e. The number of ether oxygens (including phenoxy) is 2. The van der Waals surface area contributed by atoms with E-state index in [9.17, 15) is 9.59 Å². The average Bonchev–Trinajstić information content (AvgIpc) is 3.10. The quantitative estimate of drug-likeness (QED) is 0.507. The minimum absolute atomic E-state index is 0.166. The maximum Gasteiger partial charge on any atom is 0.168 e. The molecule has 2 aromatic rings. The van der Waals surface area contributed by atoms with Gasteiger partial charge in [-0.25, -0.2) is 0 Å². The molecule has 0 unspecified atom stereocenters. The minimum atomic E-state index is -0.486. The summed E-state index contributed by atoms with van der Waals surface area (Å²) in [4.78, 5) is 24.0. The first-order valence-electron chi connectivity index (χ1n) is 11.1. The molecule has 0 spiro atoms. The van der Waals surface area contributed by atoms with E-state index in [1.807, 2.05) is 25.1 Å². The number of aromatic nitrogens is 2. The van der Waals surface area contributed by atoms with E-state index in [0.29, 0.717) is 64.3 Å². The number of aldehydes is 2. The monoisotopic (exact) mass is 426 g/mol. The van der Waals surface area contributed by atoms with Crippen molar-refractivity contribution in [3.63, 3.8) is 0 Å². The van der Waals surface area contributed by atoms with Gasteiger partial charge in [0.25, 0.3) is 0 Å². The van der Waals surface area contributed by atoms with Crippen molar-refractivity contribution in [2.45, 2.75) is 59.6 Å². The Morgan fingerprint density at radius 2 is 1.90 bits per heavy atom. The van der Waals surface area contributed by atoms with Crippen molar-refractivity contribution in [1.29, 1.82) is 0 Å². The van der Waals surface area contributed by atoms with Crippen LogP contribution in [0.5, 0.6) is 0 Å². The van der Waals surface area contributed by atoms with Gasteiger partial charge < -0.3 is 14.3 Å². The highest BCUT2D eigenvalue weighted by molar-refractivity contribution is 5.76. The second kappa shape index (κ2) is 10.3. The summed E-state index contributed by atoms with van der Waals surface area (Å²) in [6, 6.07) is 10.1. The molecule has 31 heavy (non-hydrogen) atoms. The number of rotatable bonds is 11. The SMILES string of the molecule is CCn1nc(CC(C)(C)COCc2ccccc2)c(CC2(C=O)CCOCC2)c1C=O. The number of hydrogen-bond donors (Lipinski definition) is 0. The number of carbonyl (C=O) groups is 2. The lowest BCUT2D eigenvalue weighted by Crippen LogP contribution is -2.34. The van der Waals surface area contributed by atoms with Crippen LogP contribution in [0, 0.1) is 10.8 Å². The molecule has 6 heteroatoms. The number of carbonyl (C=O) groups excluding carboxylic acids is 2. The van der Waals surface area contributed by atoms with Crippen molar-refractivity contribution in [2.75, 3.05) is 19.8 Å². The van der Waals surface area contributed by atoms with Crippen molar-refractivity contribution >= 4 is 12.6 Å². The zero-order valence-electron chi connectivity index (χ0n) is 18.9. The molecule has 1 aliphatic heterocycles. The molecule has 0 saturated carbocycles. The summed E-state index contributed by atoms with van der Waals surface area (Å²) in [7, 11) is 0. The molecule has 1 aliphatic rings. The third-order valence-corrected chi connectivity index (χ3v) is 6.11. The van der Waals surface area contributed by atoms with E-state index < -0.39 is 5.41 Å². The number of hydrogen-bond acceptors (Lipinski definition) is 5. The Morgan fingerprint density at radius 1 is 1.19 bits per heavy atom. The van der Waals surface area contributed by atoms with Gasteiger partial charge in [-0.15, -0.1) is 0 Å². The van der Waals surface area contributed by atoms with Crippen LogP contribution in [-0.4, -0.2) is 42.2 Å². The molecule has 1 fully saturated rings. The van der Waals surface area contributed by atoms with Gasteiger partial charge in [-0.2, -0.15) is 5.10 Å². The van der Waals surface area contributed by atoms with Crippen LogP contribution in [-0.2, 0) is 40.3 Å². The summed E-state index contributed by atoms with van der Waals surface area (Å²) in [5.74, 6) is 0. The Balaban J connectivity index is 1.78. The Bertz CT molecular complexity index is 867. The summed E-state index contributed by atoms with van der Waals surface area (Å²) in [5, 5.41) is 4.76. The molecule has 2 heterocycles. The Kier molecular flexibility index (Phi) is 7.79. The zero-order valence-corrected chi connectivity index (χ0v) is 18.9. The van der Waals surface area contributed by atoms with E-state index in [1.54, 1.807) is 4.68 Å². The van der Waals surface area contributed by atoms with Crippen LogP contribution in [0.4, 0.5) is 0 Å². The van der Waals surface area contributed by atoms with Gasteiger partial charge in [0.2, 0.25) is 0 Å². The summed E-state index contributed by atoms with van der Waals surface area (Å²) in [6.07, 6.45) is 4.50. The van der Waals surface area contributed by atoms with Crippen molar-refractivity contribution in [3.8, 4) is 0 Å². The fourth-order valence-corrected chi connectivity index (χ4v) is 4.26. The van der Waals surface area contributed by atoms with Crippen molar-refractivity contribution < 1.29 is 19.1 Å². The molecule has 0 bridgehead atoms. The third-order valence-electron chi connectivity index (χ3n) is 6.11. The summed E-state index contributed by atoms with van der Waals surface area (Å²) in [6.45, 7) is 9.18. The second-order valence-corrected chi connectivity index (χ2v) is 9.33. The van der Waals surface area contributed by atoms with E-state index in [0.717, 1.165) is 29.4 Å². The molecule has 0 atom stereocenters. The van der Waals surface area contributed by atoms with Crippen molar-refractivity contribution in [3.05, 3.63) is 52.8 Å². The minimum Gasteiger partial charge on any atom is -0.381 e. The van der Waals surface area contributed by atoms with E-state index in [1.165, 1.54) is 0 Å². The second-order valence-electron chi connectivity index (χ2n) is 9.33. The normalized spacial score (nSPS) is 16.2. The van der Waals surface area contributed by atoms with Gasteiger partial charge in [0.1, 0.15) is 12.0 Å². The molecule has 0 radical (unpaired) electrons. The summed E-state index contributed by atoms with van der Waals surface area (Å²) < 4.78 is 13.2. The molecule has 0 aliphatic carbocycles. The van der Waals surface area contributed by atoms with Gasteiger partial charge in [-0.05, 0) is 43.6 Å². The Morgan fingerprint density at radius 3 is 2.52 bits per heavy atom. The average molecular weight is 427 g/mol. The standard InChI is InChI=1S/C25H34N2O4/c1-4-27-23(16-28)21(14-25(18-29)10-12-30-13-11-25)22(26-27)15-24(2,3)19-31-17-20-8-6-5-7-9-20/h5-9,16,18H,4,10-15,17,19H2,1-3H3. The van der Waals surface area contributed by atoms with Crippen LogP contribution in [0.15, 0.2) is 30.3 Å². The van der Waals surface area contributed by atoms with Gasteiger partial charge in [0.05, 0.1) is 18.9 Å². The highest BCUT2D eigenvalue weighted by Gasteiger charge is 2.36. The van der Waals surface area contributed by atoms with E-state index in [-0.39, 0.29) is 5.41 Å². The molecule has 6 nitrogen and oxygen atoms in total. The Hall–Kier alpha value is -2.31. The van der Waals surface area contributed by atoms with Gasteiger partial charge in [0, 0.05) is 30.7 Å². The molecular weight excluding hydrogens is 392 g/mol. The zero-order chi connectivity index (χ0) is 22.3. The largest absolute Gasteiger partial charge is 0.381 e. The van der Waals surface area contributed by atoms with E-state index >= 15 is 0 Å². The third kappa shape index (κ3) is 5.89. The van der Waals surface area contributed by atoms with E-state index in [4.69, 9.17) is 14.6 Å².